The number of imidazole rings is 1. The van der Waals surface area contributed by atoms with Crippen LogP contribution in [0.25, 0.3) is 21.3 Å². The number of nitrogens with zero attached hydrogens (tertiary/aromatic N) is 5. The molecule has 2 atom stereocenters. The van der Waals surface area contributed by atoms with E-state index in [9.17, 15) is 14.4 Å². The van der Waals surface area contributed by atoms with Gasteiger partial charge in [0.15, 0.2) is 4.77 Å². The lowest BCUT2D eigenvalue weighted by Crippen LogP contribution is -2.76. The average Bonchev–Trinajstić information content (AvgIpc) is 3.68. The van der Waals surface area contributed by atoms with Gasteiger partial charge in [0.05, 0.1) is 39.9 Å². The molecule has 11 nitrogen and oxygen atoms in total. The molecule has 2 fully saturated rings. The molecule has 0 saturated carbocycles. The first-order valence-corrected chi connectivity index (χ1v) is 16.3. The lowest BCUT2D eigenvalue weighted by molar-refractivity contribution is -0.189. The molecule has 4 amide bonds. The van der Waals surface area contributed by atoms with Gasteiger partial charge in [0, 0.05) is 26.1 Å². The van der Waals surface area contributed by atoms with Gasteiger partial charge in [-0.2, -0.15) is 0 Å². The van der Waals surface area contributed by atoms with Crippen LogP contribution in [0.2, 0.25) is 0 Å². The van der Waals surface area contributed by atoms with E-state index in [0.717, 1.165) is 37.9 Å². The SMILES string of the molecule is C=CCN1CC(=O)N2C(CN(Cc3cccc4scnc34)C(=O)[C@@H]2Cc2ccc3[nH]c(=S)[nH]c3c2)N1C(=O)NCc1ccccc1. The van der Waals surface area contributed by atoms with Gasteiger partial charge in [0.2, 0.25) is 11.8 Å². The van der Waals surface area contributed by atoms with E-state index in [4.69, 9.17) is 12.2 Å². The van der Waals surface area contributed by atoms with Crippen LogP contribution in [-0.4, -0.2) is 84.5 Å². The first-order valence-electron chi connectivity index (χ1n) is 15.0. The topological polar surface area (TPSA) is 121 Å². The van der Waals surface area contributed by atoms with Crippen molar-refractivity contribution >= 4 is 62.7 Å². The lowest BCUT2D eigenvalue weighted by atomic mass is 9.98. The molecule has 3 aromatic carbocycles. The number of H-pyrrole nitrogens is 2. The van der Waals surface area contributed by atoms with Crippen LogP contribution >= 0.6 is 23.6 Å². The first-order chi connectivity index (χ1) is 22.4. The molecule has 2 aromatic heterocycles. The highest BCUT2D eigenvalue weighted by molar-refractivity contribution is 7.71. The van der Waals surface area contributed by atoms with Crippen molar-refractivity contribution in [3.05, 3.63) is 106 Å². The van der Waals surface area contributed by atoms with Crippen LogP contribution in [-0.2, 0) is 29.1 Å². The molecule has 3 N–H and O–H groups in total. The predicted molar refractivity (Wildman–Crippen MR) is 179 cm³/mol. The molecule has 2 saturated heterocycles. The first kappa shape index (κ1) is 29.8. The highest BCUT2D eigenvalue weighted by Gasteiger charge is 2.51. The largest absolute Gasteiger partial charge is 0.334 e. The number of hydrogen-bond donors (Lipinski definition) is 3. The van der Waals surface area contributed by atoms with Crippen LogP contribution < -0.4 is 5.32 Å². The summed E-state index contributed by atoms with van der Waals surface area (Å²) in [6.45, 7) is 4.83. The summed E-state index contributed by atoms with van der Waals surface area (Å²) in [4.78, 5) is 56.5. The monoisotopic (exact) mass is 652 g/mol. The number of hydrazine groups is 1. The molecule has 13 heteroatoms. The minimum Gasteiger partial charge on any atom is -0.333 e. The van der Waals surface area contributed by atoms with Gasteiger partial charge in [-0.05, 0) is 47.1 Å². The minimum absolute atomic E-state index is 0.0624. The van der Waals surface area contributed by atoms with Crippen LogP contribution in [0.15, 0.2) is 84.9 Å². The normalized spacial score (nSPS) is 18.7. The summed E-state index contributed by atoms with van der Waals surface area (Å²) >= 11 is 6.81. The fourth-order valence-electron chi connectivity index (χ4n) is 6.41. The number of amides is 4. The van der Waals surface area contributed by atoms with Crippen LogP contribution in [0.3, 0.4) is 0 Å². The van der Waals surface area contributed by atoms with Gasteiger partial charge < -0.3 is 25.1 Å². The van der Waals surface area contributed by atoms with E-state index < -0.39 is 12.2 Å². The molecule has 46 heavy (non-hydrogen) atoms. The Morgan fingerprint density at radius 2 is 1.89 bits per heavy atom. The molecule has 4 heterocycles. The molecule has 0 spiro atoms. The molecule has 2 aliphatic heterocycles. The zero-order chi connectivity index (χ0) is 31.8. The molecule has 0 bridgehead atoms. The molecule has 234 valence electrons. The number of carbonyl (C=O) groups excluding carboxylic acids is 3. The highest BCUT2D eigenvalue weighted by Crippen LogP contribution is 2.31. The van der Waals surface area contributed by atoms with Gasteiger partial charge in [0.1, 0.15) is 12.2 Å². The van der Waals surface area contributed by atoms with E-state index in [0.29, 0.717) is 17.9 Å². The number of fused-ring (bicyclic) bond motifs is 3. The second kappa shape index (κ2) is 12.5. The molecule has 0 radical (unpaired) electrons. The van der Waals surface area contributed by atoms with Crippen molar-refractivity contribution in [1.82, 2.24) is 40.1 Å². The number of benzene rings is 3. The van der Waals surface area contributed by atoms with E-state index in [1.54, 1.807) is 42.7 Å². The van der Waals surface area contributed by atoms with Gasteiger partial charge in [-0.1, -0.05) is 54.6 Å². The Labute approximate surface area is 274 Å². The van der Waals surface area contributed by atoms with Crippen LogP contribution in [0.4, 0.5) is 4.79 Å². The van der Waals surface area contributed by atoms with E-state index in [2.05, 4.69) is 26.8 Å². The maximum Gasteiger partial charge on any atom is 0.334 e. The number of carbonyl (C=O) groups is 3. The van der Waals surface area contributed by atoms with Crippen molar-refractivity contribution in [2.24, 2.45) is 0 Å². The van der Waals surface area contributed by atoms with Gasteiger partial charge >= 0.3 is 6.03 Å². The minimum atomic E-state index is -0.837. The number of aromatic nitrogens is 3. The molecule has 7 rings (SSSR count). The molecular weight excluding hydrogens is 621 g/mol. The number of aromatic amines is 2. The number of para-hydroxylation sites is 1. The summed E-state index contributed by atoms with van der Waals surface area (Å²) in [6.07, 6.45) is 1.19. The Balaban J connectivity index is 1.26. The highest BCUT2D eigenvalue weighted by atomic mass is 32.1. The van der Waals surface area contributed by atoms with E-state index in [1.165, 1.54) is 0 Å². The number of nitrogens with one attached hydrogen (secondary N) is 3. The van der Waals surface area contributed by atoms with Gasteiger partial charge in [0.25, 0.3) is 0 Å². The number of hydrogen-bond acceptors (Lipinski definition) is 7. The van der Waals surface area contributed by atoms with Crippen molar-refractivity contribution in [1.29, 1.82) is 0 Å². The molecular formula is C33H32N8O3S2. The predicted octanol–water partition coefficient (Wildman–Crippen LogP) is 4.57. The summed E-state index contributed by atoms with van der Waals surface area (Å²) in [7, 11) is 0. The Bertz CT molecular complexity index is 2000. The number of urea groups is 1. The lowest BCUT2D eigenvalue weighted by Gasteiger charge is -2.55. The van der Waals surface area contributed by atoms with Crippen molar-refractivity contribution in [2.75, 3.05) is 19.6 Å². The van der Waals surface area contributed by atoms with E-state index in [1.807, 2.05) is 66.7 Å². The maximum atomic E-state index is 14.4. The average molecular weight is 653 g/mol. The number of piperazine rings is 1. The van der Waals surface area contributed by atoms with E-state index >= 15 is 0 Å². The third-order valence-electron chi connectivity index (χ3n) is 8.48. The van der Waals surface area contributed by atoms with Crippen LogP contribution in [0.5, 0.6) is 0 Å². The Morgan fingerprint density at radius 3 is 2.72 bits per heavy atom. The van der Waals surface area contributed by atoms with Crippen molar-refractivity contribution in [2.45, 2.75) is 31.7 Å². The summed E-state index contributed by atoms with van der Waals surface area (Å²) in [5.74, 6) is -0.401. The van der Waals surface area contributed by atoms with Crippen molar-refractivity contribution in [3.8, 4) is 0 Å². The van der Waals surface area contributed by atoms with Crippen molar-refractivity contribution in [3.63, 3.8) is 0 Å². The number of rotatable bonds is 8. The second-order valence-corrected chi connectivity index (χ2v) is 12.7. The Kier molecular flexibility index (Phi) is 8.11. The third-order valence-corrected chi connectivity index (χ3v) is 9.48. The molecule has 5 aromatic rings. The molecule has 0 aliphatic carbocycles. The van der Waals surface area contributed by atoms with Crippen LogP contribution in [0, 0.1) is 4.77 Å². The Morgan fingerprint density at radius 1 is 1.07 bits per heavy atom. The third kappa shape index (κ3) is 5.68. The van der Waals surface area contributed by atoms with Gasteiger partial charge in [-0.15, -0.1) is 17.9 Å². The van der Waals surface area contributed by atoms with Crippen LogP contribution in [0.1, 0.15) is 16.7 Å². The smallest absolute Gasteiger partial charge is 0.333 e. The fourth-order valence-corrected chi connectivity index (χ4v) is 7.35. The molecule has 1 unspecified atom stereocenters. The van der Waals surface area contributed by atoms with Crippen molar-refractivity contribution < 1.29 is 14.4 Å². The standard InChI is InChI=1S/C33H32N8O3S2/c1-2-13-39-19-29(42)40-26(15-22-11-12-24-25(14-22)37-32(45)36-24)31(43)38(17-23-9-6-10-27-30(23)35-20-46-27)18-28(40)41(39)33(44)34-16-21-7-4-3-5-8-21/h2-12,14,20,26,28H,1,13,15-19H2,(H,34,44)(H2,36,37,45)/t26-,28?/m0/s1. The summed E-state index contributed by atoms with van der Waals surface area (Å²) in [6, 6.07) is 20.2. The zero-order valence-corrected chi connectivity index (χ0v) is 26.5. The number of thiazole rings is 1. The van der Waals surface area contributed by atoms with Gasteiger partial charge in [-0.25, -0.2) is 19.8 Å². The Hall–Kier alpha value is -4.85. The molecule has 2 aliphatic rings. The second-order valence-electron chi connectivity index (χ2n) is 11.4. The summed E-state index contributed by atoms with van der Waals surface area (Å²) < 4.78 is 1.54. The van der Waals surface area contributed by atoms with E-state index in [-0.39, 0.29) is 43.9 Å². The quantitative estimate of drug-likeness (QED) is 0.167. The van der Waals surface area contributed by atoms with Gasteiger partial charge in [-0.3, -0.25) is 9.59 Å². The summed E-state index contributed by atoms with van der Waals surface area (Å²) in [5, 5.41) is 6.33. The fraction of sp³-hybridized carbons (Fsp3) is 0.242. The maximum absolute atomic E-state index is 14.4. The zero-order valence-electron chi connectivity index (χ0n) is 24.9. The summed E-state index contributed by atoms with van der Waals surface area (Å²) in [5.41, 5.74) is 7.03.